The fourth-order valence-corrected chi connectivity index (χ4v) is 3.84. The smallest absolute Gasteiger partial charge is 0.194 e. The Labute approximate surface area is 175 Å². The first kappa shape index (κ1) is 19.8. The van der Waals surface area contributed by atoms with Crippen LogP contribution in [-0.4, -0.2) is 60.6 Å². The largest absolute Gasteiger partial charge is 0.489 e. The van der Waals surface area contributed by atoms with Crippen molar-refractivity contribution >= 4 is 17.6 Å². The molecule has 4 rings (SSSR count). The monoisotopic (exact) mass is 419 g/mol. The molecule has 29 heavy (non-hydrogen) atoms. The van der Waals surface area contributed by atoms with E-state index < -0.39 is 0 Å². The third kappa shape index (κ3) is 4.59. The van der Waals surface area contributed by atoms with Gasteiger partial charge in [0.05, 0.1) is 37.6 Å². The number of aromatic nitrogens is 2. The molecule has 1 fully saturated rings. The van der Waals surface area contributed by atoms with Gasteiger partial charge in [0.15, 0.2) is 17.5 Å². The summed E-state index contributed by atoms with van der Waals surface area (Å²) < 4.78 is 19.2. The van der Waals surface area contributed by atoms with Crippen molar-refractivity contribution < 1.29 is 14.2 Å². The van der Waals surface area contributed by atoms with Crippen LogP contribution in [0.5, 0.6) is 11.5 Å². The molecule has 2 aromatic rings. The minimum atomic E-state index is -0.0245. The number of halogens is 1. The summed E-state index contributed by atoms with van der Waals surface area (Å²) in [5, 5.41) is 8.24. The van der Waals surface area contributed by atoms with E-state index in [-0.39, 0.29) is 6.10 Å². The highest BCUT2D eigenvalue weighted by Gasteiger charge is 2.25. The number of nitrogens with one attached hydrogen (secondary N) is 1. The van der Waals surface area contributed by atoms with Crippen LogP contribution in [0.2, 0.25) is 5.02 Å². The number of hydrogen-bond donors (Lipinski definition) is 1. The molecule has 2 aliphatic rings. The SMILES string of the molecule is CN=C(NCc1cc(Cl)c2c(c1)OCCCO2)N1CCOC(c2cnn(C)c2)C1. The average molecular weight is 420 g/mol. The lowest BCUT2D eigenvalue weighted by Crippen LogP contribution is -2.47. The fourth-order valence-electron chi connectivity index (χ4n) is 3.55. The predicted octanol–water partition coefficient (Wildman–Crippen LogP) is 2.38. The number of ether oxygens (including phenoxy) is 3. The Bertz CT molecular complexity index is 885. The zero-order chi connectivity index (χ0) is 20.2. The lowest BCUT2D eigenvalue weighted by Gasteiger charge is -2.34. The summed E-state index contributed by atoms with van der Waals surface area (Å²) in [5.74, 6) is 2.15. The normalized spacial score (nSPS) is 19.8. The zero-order valence-electron chi connectivity index (χ0n) is 16.7. The van der Waals surface area contributed by atoms with Crippen molar-refractivity contribution in [2.45, 2.75) is 19.1 Å². The Morgan fingerprint density at radius 2 is 2.17 bits per heavy atom. The van der Waals surface area contributed by atoms with Crippen molar-refractivity contribution in [1.29, 1.82) is 0 Å². The molecule has 1 N–H and O–H groups in total. The molecule has 0 spiro atoms. The van der Waals surface area contributed by atoms with Gasteiger partial charge in [-0.15, -0.1) is 0 Å². The van der Waals surface area contributed by atoms with Gasteiger partial charge < -0.3 is 24.4 Å². The van der Waals surface area contributed by atoms with E-state index in [4.69, 9.17) is 25.8 Å². The lowest BCUT2D eigenvalue weighted by atomic mass is 10.1. The van der Waals surface area contributed by atoms with Gasteiger partial charge in [0.1, 0.15) is 6.10 Å². The number of nitrogens with zero attached hydrogens (tertiary/aromatic N) is 4. The summed E-state index contributed by atoms with van der Waals surface area (Å²) in [4.78, 5) is 6.65. The summed E-state index contributed by atoms with van der Waals surface area (Å²) in [6.07, 6.45) is 4.66. The van der Waals surface area contributed by atoms with Crippen LogP contribution >= 0.6 is 11.6 Å². The van der Waals surface area contributed by atoms with Gasteiger partial charge in [-0.3, -0.25) is 9.67 Å². The molecule has 156 valence electrons. The number of benzene rings is 1. The molecule has 0 radical (unpaired) electrons. The topological polar surface area (TPSA) is 73.1 Å². The number of rotatable bonds is 3. The van der Waals surface area contributed by atoms with Crippen LogP contribution < -0.4 is 14.8 Å². The number of morpholine rings is 1. The number of fused-ring (bicyclic) bond motifs is 1. The van der Waals surface area contributed by atoms with Crippen molar-refractivity contribution in [3.8, 4) is 11.5 Å². The molecular weight excluding hydrogens is 394 g/mol. The van der Waals surface area contributed by atoms with Crippen molar-refractivity contribution in [3.63, 3.8) is 0 Å². The van der Waals surface area contributed by atoms with Crippen molar-refractivity contribution in [2.75, 3.05) is 40.0 Å². The molecule has 1 saturated heterocycles. The van der Waals surface area contributed by atoms with Gasteiger partial charge >= 0.3 is 0 Å². The van der Waals surface area contributed by atoms with Gasteiger partial charge in [-0.05, 0) is 17.7 Å². The maximum atomic E-state index is 6.41. The Hall–Kier alpha value is -2.45. The molecule has 2 aliphatic heterocycles. The second-order valence-electron chi connectivity index (χ2n) is 7.11. The van der Waals surface area contributed by atoms with Gasteiger partial charge in [0, 0.05) is 45.4 Å². The third-order valence-corrected chi connectivity index (χ3v) is 5.27. The van der Waals surface area contributed by atoms with E-state index in [1.54, 1.807) is 11.7 Å². The molecule has 1 atom stereocenters. The Morgan fingerprint density at radius 1 is 1.31 bits per heavy atom. The van der Waals surface area contributed by atoms with Gasteiger partial charge in [-0.1, -0.05) is 11.6 Å². The summed E-state index contributed by atoms with van der Waals surface area (Å²) >= 11 is 6.41. The molecule has 0 amide bonds. The van der Waals surface area contributed by atoms with Crippen molar-refractivity contribution in [2.24, 2.45) is 12.0 Å². The Balaban J connectivity index is 1.42. The third-order valence-electron chi connectivity index (χ3n) is 4.99. The number of guanidine groups is 1. The average Bonchev–Trinajstić information content (AvgIpc) is 3.02. The second-order valence-corrected chi connectivity index (χ2v) is 7.52. The minimum Gasteiger partial charge on any atom is -0.489 e. The van der Waals surface area contributed by atoms with Gasteiger partial charge in [-0.2, -0.15) is 5.10 Å². The number of aryl methyl sites for hydroxylation is 1. The van der Waals surface area contributed by atoms with Crippen LogP contribution in [0.4, 0.5) is 0 Å². The highest BCUT2D eigenvalue weighted by atomic mass is 35.5. The Morgan fingerprint density at radius 3 is 2.97 bits per heavy atom. The minimum absolute atomic E-state index is 0.0245. The molecule has 8 nitrogen and oxygen atoms in total. The second kappa shape index (κ2) is 8.92. The maximum Gasteiger partial charge on any atom is 0.194 e. The molecule has 9 heteroatoms. The molecule has 1 unspecified atom stereocenters. The van der Waals surface area contributed by atoms with Crippen LogP contribution in [0.15, 0.2) is 29.5 Å². The first-order valence-corrected chi connectivity index (χ1v) is 10.2. The van der Waals surface area contributed by atoms with E-state index in [1.165, 1.54) is 0 Å². The fraction of sp³-hybridized carbons (Fsp3) is 0.500. The molecule has 1 aromatic heterocycles. The van der Waals surface area contributed by atoms with E-state index in [2.05, 4.69) is 20.3 Å². The van der Waals surface area contributed by atoms with Crippen LogP contribution in [-0.2, 0) is 18.3 Å². The maximum absolute atomic E-state index is 6.41. The lowest BCUT2D eigenvalue weighted by molar-refractivity contribution is -0.00805. The predicted molar refractivity (Wildman–Crippen MR) is 111 cm³/mol. The molecular formula is C20H26ClN5O3. The van der Waals surface area contributed by atoms with Crippen LogP contribution in [0.25, 0.3) is 0 Å². The summed E-state index contributed by atoms with van der Waals surface area (Å²) in [6, 6.07) is 3.89. The van der Waals surface area contributed by atoms with Gasteiger partial charge in [-0.25, -0.2) is 0 Å². The molecule has 0 saturated carbocycles. The van der Waals surface area contributed by atoms with Crippen LogP contribution in [0.1, 0.15) is 23.7 Å². The summed E-state index contributed by atoms with van der Waals surface area (Å²) in [6.45, 7) is 3.96. The van der Waals surface area contributed by atoms with Gasteiger partial charge in [0.25, 0.3) is 0 Å². The first-order valence-electron chi connectivity index (χ1n) is 9.78. The van der Waals surface area contributed by atoms with E-state index in [0.717, 1.165) is 30.1 Å². The van der Waals surface area contributed by atoms with Crippen LogP contribution in [0.3, 0.4) is 0 Å². The highest BCUT2D eigenvalue weighted by Crippen LogP contribution is 2.38. The zero-order valence-corrected chi connectivity index (χ0v) is 17.5. The van der Waals surface area contributed by atoms with Gasteiger partial charge in [0.2, 0.25) is 0 Å². The summed E-state index contributed by atoms with van der Waals surface area (Å²) in [5.41, 5.74) is 2.08. The summed E-state index contributed by atoms with van der Waals surface area (Å²) in [7, 11) is 3.70. The molecule has 0 bridgehead atoms. The number of hydrogen-bond acceptors (Lipinski definition) is 5. The Kier molecular flexibility index (Phi) is 6.10. The van der Waals surface area contributed by atoms with Crippen LogP contribution in [0, 0.1) is 0 Å². The van der Waals surface area contributed by atoms with E-state index in [9.17, 15) is 0 Å². The van der Waals surface area contributed by atoms with E-state index in [0.29, 0.717) is 49.4 Å². The van der Waals surface area contributed by atoms with E-state index >= 15 is 0 Å². The standard InChI is InChI=1S/C20H26ClN5O3/c1-22-20(26-4-7-28-18(13-26)15-11-24-25(2)12-15)23-10-14-8-16(21)19-17(9-14)27-5-3-6-29-19/h8-9,11-12,18H,3-7,10,13H2,1-2H3,(H,22,23). The number of aliphatic imine (C=N–C) groups is 1. The molecule has 3 heterocycles. The highest BCUT2D eigenvalue weighted by molar-refractivity contribution is 6.32. The van der Waals surface area contributed by atoms with Crippen molar-refractivity contribution in [1.82, 2.24) is 20.0 Å². The quantitative estimate of drug-likeness (QED) is 0.608. The molecule has 0 aliphatic carbocycles. The van der Waals surface area contributed by atoms with Crippen molar-refractivity contribution in [3.05, 3.63) is 40.7 Å². The molecule has 1 aromatic carbocycles. The van der Waals surface area contributed by atoms with E-state index in [1.807, 2.05) is 31.6 Å². The first-order chi connectivity index (χ1) is 14.1.